The minimum Gasteiger partial charge on any atom is -0.344 e. The lowest BCUT2D eigenvalue weighted by atomic mass is 10.1. The lowest BCUT2D eigenvalue weighted by Gasteiger charge is -2.22. The summed E-state index contributed by atoms with van der Waals surface area (Å²) in [5.41, 5.74) is 5.71. The van der Waals surface area contributed by atoms with Crippen LogP contribution in [0.1, 0.15) is 26.2 Å². The van der Waals surface area contributed by atoms with E-state index < -0.39 is 6.04 Å². The average Bonchev–Trinajstić information content (AvgIpc) is 2.98. The van der Waals surface area contributed by atoms with Crippen LogP contribution in [-0.4, -0.2) is 41.9 Å². The monoisotopic (exact) mass is 251 g/mol. The molecule has 3 atom stereocenters. The first kappa shape index (κ1) is 13.1. The summed E-state index contributed by atoms with van der Waals surface area (Å²) in [5.74, 6) is -0.264. The Morgan fingerprint density at radius 1 is 1.33 bits per heavy atom. The summed E-state index contributed by atoms with van der Waals surface area (Å²) >= 11 is 0. The second kappa shape index (κ2) is 5.52. The van der Waals surface area contributed by atoms with E-state index in [9.17, 15) is 9.59 Å². The van der Waals surface area contributed by atoms with Gasteiger partial charge in [0.05, 0.1) is 5.92 Å². The van der Waals surface area contributed by atoms with Gasteiger partial charge in [-0.1, -0.05) is 12.2 Å². The summed E-state index contributed by atoms with van der Waals surface area (Å²) in [4.78, 5) is 25.8. The fourth-order valence-electron chi connectivity index (χ4n) is 2.52. The maximum atomic E-state index is 12.0. The maximum absolute atomic E-state index is 12.0. The summed E-state index contributed by atoms with van der Waals surface area (Å²) in [6.45, 7) is 3.37. The van der Waals surface area contributed by atoms with Gasteiger partial charge in [0.1, 0.15) is 6.04 Å². The minimum absolute atomic E-state index is 0.0205. The number of hydrogen-bond donors (Lipinski definition) is 2. The zero-order valence-corrected chi connectivity index (χ0v) is 10.8. The van der Waals surface area contributed by atoms with Crippen LogP contribution in [-0.2, 0) is 9.59 Å². The third-order valence-corrected chi connectivity index (χ3v) is 3.60. The largest absolute Gasteiger partial charge is 0.344 e. The molecule has 3 N–H and O–H groups in total. The number of nitrogens with two attached hydrogens (primary N) is 1. The highest BCUT2D eigenvalue weighted by Crippen LogP contribution is 2.17. The molecule has 3 unspecified atom stereocenters. The van der Waals surface area contributed by atoms with E-state index in [-0.39, 0.29) is 23.8 Å². The van der Waals surface area contributed by atoms with E-state index in [0.717, 1.165) is 25.9 Å². The minimum atomic E-state index is -0.444. The van der Waals surface area contributed by atoms with Gasteiger partial charge in [0, 0.05) is 19.1 Å². The molecule has 2 rings (SSSR count). The molecule has 1 saturated heterocycles. The van der Waals surface area contributed by atoms with Crippen molar-refractivity contribution in [3.05, 3.63) is 12.2 Å². The Hall–Kier alpha value is -1.36. The molecule has 0 aromatic rings. The SMILES string of the molecule is CC(NC(=O)C1C=CC(N)C1)C(=O)N1CCCC1. The Labute approximate surface area is 107 Å². The predicted octanol–water partition coefficient (Wildman–Crippen LogP) is 0.0169. The van der Waals surface area contributed by atoms with Crippen molar-refractivity contribution < 1.29 is 9.59 Å². The van der Waals surface area contributed by atoms with Gasteiger partial charge in [-0.05, 0) is 26.2 Å². The summed E-state index contributed by atoms with van der Waals surface area (Å²) < 4.78 is 0. The average molecular weight is 251 g/mol. The summed E-state index contributed by atoms with van der Waals surface area (Å²) in [6.07, 6.45) is 6.43. The topological polar surface area (TPSA) is 75.4 Å². The van der Waals surface area contributed by atoms with Gasteiger partial charge in [0.15, 0.2) is 0 Å². The summed E-state index contributed by atoms with van der Waals surface area (Å²) in [5, 5.41) is 2.78. The van der Waals surface area contributed by atoms with Crippen molar-refractivity contribution in [1.82, 2.24) is 10.2 Å². The van der Waals surface area contributed by atoms with Crippen LogP contribution in [0.4, 0.5) is 0 Å². The number of amides is 2. The summed E-state index contributed by atoms with van der Waals surface area (Å²) in [7, 11) is 0. The van der Waals surface area contributed by atoms with Gasteiger partial charge in [-0.3, -0.25) is 9.59 Å². The van der Waals surface area contributed by atoms with E-state index in [1.54, 1.807) is 6.92 Å². The van der Waals surface area contributed by atoms with Crippen LogP contribution in [0.5, 0.6) is 0 Å². The number of rotatable bonds is 3. The van der Waals surface area contributed by atoms with Gasteiger partial charge in [-0.15, -0.1) is 0 Å². The molecule has 1 fully saturated rings. The molecule has 5 nitrogen and oxygen atoms in total. The van der Waals surface area contributed by atoms with E-state index in [0.29, 0.717) is 6.42 Å². The molecular weight excluding hydrogens is 230 g/mol. The van der Waals surface area contributed by atoms with Crippen molar-refractivity contribution >= 4 is 11.8 Å². The fraction of sp³-hybridized carbons (Fsp3) is 0.692. The van der Waals surface area contributed by atoms with Gasteiger partial charge in [0.25, 0.3) is 0 Å². The molecule has 0 aromatic heterocycles. The zero-order valence-electron chi connectivity index (χ0n) is 10.8. The normalized spacial score (nSPS) is 28.4. The molecule has 100 valence electrons. The first-order chi connectivity index (χ1) is 8.58. The van der Waals surface area contributed by atoms with Crippen LogP contribution in [0.25, 0.3) is 0 Å². The van der Waals surface area contributed by atoms with Gasteiger partial charge in [-0.2, -0.15) is 0 Å². The molecule has 0 spiro atoms. The van der Waals surface area contributed by atoms with E-state index in [4.69, 9.17) is 5.73 Å². The fourth-order valence-corrected chi connectivity index (χ4v) is 2.52. The second-order valence-corrected chi connectivity index (χ2v) is 5.15. The van der Waals surface area contributed by atoms with E-state index in [1.807, 2.05) is 17.1 Å². The first-order valence-corrected chi connectivity index (χ1v) is 6.61. The van der Waals surface area contributed by atoms with Gasteiger partial charge in [-0.25, -0.2) is 0 Å². The van der Waals surface area contributed by atoms with Crippen molar-refractivity contribution in [2.45, 2.75) is 38.3 Å². The molecule has 0 radical (unpaired) electrons. The molecule has 0 bridgehead atoms. The Morgan fingerprint density at radius 2 is 2.00 bits per heavy atom. The molecule has 1 aliphatic carbocycles. The Kier molecular flexibility index (Phi) is 4.01. The molecule has 1 heterocycles. The van der Waals surface area contributed by atoms with Crippen LogP contribution < -0.4 is 11.1 Å². The van der Waals surface area contributed by atoms with Crippen molar-refractivity contribution in [3.8, 4) is 0 Å². The molecule has 2 amide bonds. The lowest BCUT2D eigenvalue weighted by molar-refractivity contribution is -0.135. The third kappa shape index (κ3) is 2.90. The quantitative estimate of drug-likeness (QED) is 0.694. The highest BCUT2D eigenvalue weighted by atomic mass is 16.2. The number of nitrogens with one attached hydrogen (secondary N) is 1. The number of carbonyl (C=O) groups is 2. The molecule has 2 aliphatic rings. The highest BCUT2D eigenvalue weighted by molar-refractivity contribution is 5.89. The van der Waals surface area contributed by atoms with Gasteiger partial charge >= 0.3 is 0 Å². The van der Waals surface area contributed by atoms with E-state index in [1.165, 1.54) is 0 Å². The van der Waals surface area contributed by atoms with Crippen LogP contribution in [0, 0.1) is 5.92 Å². The maximum Gasteiger partial charge on any atom is 0.244 e. The molecule has 0 saturated carbocycles. The van der Waals surface area contributed by atoms with Crippen LogP contribution in [0.2, 0.25) is 0 Å². The van der Waals surface area contributed by atoms with E-state index in [2.05, 4.69) is 5.32 Å². The zero-order chi connectivity index (χ0) is 13.1. The third-order valence-electron chi connectivity index (χ3n) is 3.60. The Morgan fingerprint density at radius 3 is 2.56 bits per heavy atom. The molecule has 0 aromatic carbocycles. The van der Waals surface area contributed by atoms with E-state index >= 15 is 0 Å². The van der Waals surface area contributed by atoms with Crippen LogP contribution in [0.15, 0.2) is 12.2 Å². The second-order valence-electron chi connectivity index (χ2n) is 5.15. The predicted molar refractivity (Wildman–Crippen MR) is 68.6 cm³/mol. The smallest absolute Gasteiger partial charge is 0.244 e. The van der Waals surface area contributed by atoms with Crippen molar-refractivity contribution in [2.75, 3.05) is 13.1 Å². The highest BCUT2D eigenvalue weighted by Gasteiger charge is 2.28. The number of hydrogen-bond acceptors (Lipinski definition) is 3. The van der Waals surface area contributed by atoms with Crippen molar-refractivity contribution in [2.24, 2.45) is 11.7 Å². The molecular formula is C13H21N3O2. The number of nitrogens with zero attached hydrogens (tertiary/aromatic N) is 1. The Bertz CT molecular complexity index is 361. The standard InChI is InChI=1S/C13H21N3O2/c1-9(13(18)16-6-2-3-7-16)15-12(17)10-4-5-11(14)8-10/h4-5,9-11H,2-3,6-8,14H2,1H3,(H,15,17). The number of likely N-dealkylation sites (tertiary alicyclic amines) is 1. The Balaban J connectivity index is 1.83. The van der Waals surface area contributed by atoms with Crippen LogP contribution in [0.3, 0.4) is 0 Å². The van der Waals surface area contributed by atoms with Gasteiger partial charge in [0.2, 0.25) is 11.8 Å². The van der Waals surface area contributed by atoms with Crippen molar-refractivity contribution in [3.63, 3.8) is 0 Å². The number of carbonyl (C=O) groups excluding carboxylic acids is 2. The molecule has 5 heteroatoms. The molecule has 1 aliphatic heterocycles. The van der Waals surface area contributed by atoms with Crippen molar-refractivity contribution in [1.29, 1.82) is 0 Å². The summed E-state index contributed by atoms with van der Waals surface area (Å²) in [6, 6.07) is -0.480. The molecule has 18 heavy (non-hydrogen) atoms. The first-order valence-electron chi connectivity index (χ1n) is 6.61. The van der Waals surface area contributed by atoms with Crippen LogP contribution >= 0.6 is 0 Å². The van der Waals surface area contributed by atoms with Gasteiger partial charge < -0.3 is 16.0 Å². The lowest BCUT2D eigenvalue weighted by Crippen LogP contribution is -2.47.